The smallest absolute Gasteiger partial charge is 0.339 e. The Morgan fingerprint density at radius 2 is 2.24 bits per heavy atom. The van der Waals surface area contributed by atoms with E-state index in [2.05, 4.69) is 10.5 Å². The van der Waals surface area contributed by atoms with Gasteiger partial charge < -0.3 is 5.32 Å². The zero-order valence-corrected chi connectivity index (χ0v) is 8.68. The van der Waals surface area contributed by atoms with Crippen molar-refractivity contribution in [1.29, 1.82) is 5.53 Å². The zero-order chi connectivity index (χ0) is 13.0. The quantitative estimate of drug-likeness (QED) is 0.478. The van der Waals surface area contributed by atoms with Crippen LogP contribution in [0.5, 0.6) is 0 Å². The van der Waals surface area contributed by atoms with Crippen LogP contribution in [0.1, 0.15) is 0 Å². The summed E-state index contributed by atoms with van der Waals surface area (Å²) in [4.78, 5) is 20.9. The SMILES string of the molecule is CNC(=O)N(N=N)c1cc(F)cc([N+](=O)[O-])c1. The molecule has 0 aliphatic rings. The van der Waals surface area contributed by atoms with Crippen molar-refractivity contribution in [2.24, 2.45) is 5.22 Å². The third-order valence-corrected chi connectivity index (χ3v) is 1.83. The van der Waals surface area contributed by atoms with Gasteiger partial charge in [-0.3, -0.25) is 10.1 Å². The average molecular weight is 241 g/mol. The van der Waals surface area contributed by atoms with Crippen LogP contribution in [0.3, 0.4) is 0 Å². The van der Waals surface area contributed by atoms with Crippen LogP contribution in [0.2, 0.25) is 0 Å². The second-order valence-corrected chi connectivity index (χ2v) is 2.89. The number of nitro groups is 1. The fourth-order valence-electron chi connectivity index (χ4n) is 1.11. The van der Waals surface area contributed by atoms with Crippen molar-refractivity contribution in [2.75, 3.05) is 12.1 Å². The summed E-state index contributed by atoms with van der Waals surface area (Å²) < 4.78 is 13.1. The summed E-state index contributed by atoms with van der Waals surface area (Å²) in [5, 5.41) is 16.0. The normalized spacial score (nSPS) is 9.53. The highest BCUT2D eigenvalue weighted by molar-refractivity contribution is 5.91. The number of urea groups is 1. The van der Waals surface area contributed by atoms with E-state index in [4.69, 9.17) is 5.53 Å². The van der Waals surface area contributed by atoms with Crippen LogP contribution in [0, 0.1) is 21.5 Å². The molecule has 0 saturated carbocycles. The van der Waals surface area contributed by atoms with Crippen molar-refractivity contribution in [2.45, 2.75) is 0 Å². The average Bonchev–Trinajstić information content (AvgIpc) is 2.28. The molecule has 0 bridgehead atoms. The number of hydrogen-bond acceptors (Lipinski definition) is 5. The monoisotopic (exact) mass is 241 g/mol. The first-order valence-electron chi connectivity index (χ1n) is 4.33. The molecule has 0 heterocycles. The summed E-state index contributed by atoms with van der Waals surface area (Å²) in [6.07, 6.45) is 0. The molecule has 2 amide bonds. The van der Waals surface area contributed by atoms with Gasteiger partial charge in [0.25, 0.3) is 5.69 Å². The summed E-state index contributed by atoms with van der Waals surface area (Å²) in [5.74, 6) is -0.897. The fraction of sp³-hybridized carbons (Fsp3) is 0.125. The van der Waals surface area contributed by atoms with Crippen LogP contribution in [0.4, 0.5) is 20.6 Å². The third kappa shape index (κ3) is 2.71. The highest BCUT2D eigenvalue weighted by Gasteiger charge is 2.18. The maximum atomic E-state index is 13.1. The Hall–Kier alpha value is -2.58. The third-order valence-electron chi connectivity index (χ3n) is 1.83. The Balaban J connectivity index is 3.24. The lowest BCUT2D eigenvalue weighted by Crippen LogP contribution is -2.33. The molecule has 0 atom stereocenters. The molecule has 0 aliphatic carbocycles. The number of nitrogens with zero attached hydrogens (tertiary/aromatic N) is 3. The van der Waals surface area contributed by atoms with Gasteiger partial charge in [0.05, 0.1) is 16.7 Å². The van der Waals surface area contributed by atoms with E-state index in [-0.39, 0.29) is 5.69 Å². The van der Waals surface area contributed by atoms with Crippen LogP contribution in [-0.4, -0.2) is 18.0 Å². The summed E-state index contributed by atoms with van der Waals surface area (Å²) in [7, 11) is 1.29. The molecule has 9 heteroatoms. The first-order valence-corrected chi connectivity index (χ1v) is 4.33. The van der Waals surface area contributed by atoms with Gasteiger partial charge in [-0.1, -0.05) is 5.22 Å². The second kappa shape index (κ2) is 4.96. The first-order chi connectivity index (χ1) is 7.99. The molecule has 1 aromatic carbocycles. The van der Waals surface area contributed by atoms with Crippen LogP contribution in [0.25, 0.3) is 0 Å². The summed E-state index contributed by atoms with van der Waals surface area (Å²) >= 11 is 0. The van der Waals surface area contributed by atoms with Gasteiger partial charge in [-0.15, -0.1) is 0 Å². The van der Waals surface area contributed by atoms with Gasteiger partial charge in [-0.25, -0.2) is 9.18 Å². The number of nitro benzene ring substituents is 1. The van der Waals surface area contributed by atoms with Gasteiger partial charge in [-0.2, -0.15) is 10.5 Å². The molecule has 0 saturated heterocycles. The number of nitrogens with one attached hydrogen (secondary N) is 2. The molecule has 0 aromatic heterocycles. The minimum Gasteiger partial charge on any atom is -0.339 e. The standard InChI is InChI=1S/C8H8FN5O3/c1-11-8(15)13(12-10)6-2-5(9)3-7(4-6)14(16)17/h2-4,10H,1H3,(H,11,15). The zero-order valence-electron chi connectivity index (χ0n) is 8.68. The van der Waals surface area contributed by atoms with Gasteiger partial charge in [-0.05, 0) is 0 Å². The van der Waals surface area contributed by atoms with E-state index in [1.54, 1.807) is 0 Å². The first kappa shape index (κ1) is 12.5. The van der Waals surface area contributed by atoms with E-state index in [9.17, 15) is 19.3 Å². The number of rotatable bonds is 3. The number of carbonyl (C=O) groups is 1. The predicted molar refractivity (Wildman–Crippen MR) is 55.1 cm³/mol. The minimum atomic E-state index is -0.897. The molecule has 90 valence electrons. The van der Waals surface area contributed by atoms with Crippen molar-refractivity contribution in [3.05, 3.63) is 34.1 Å². The molecule has 17 heavy (non-hydrogen) atoms. The second-order valence-electron chi connectivity index (χ2n) is 2.89. The summed E-state index contributed by atoms with van der Waals surface area (Å²) in [6, 6.07) is 1.70. The van der Waals surface area contributed by atoms with E-state index in [0.717, 1.165) is 12.1 Å². The van der Waals surface area contributed by atoms with Crippen LogP contribution < -0.4 is 10.3 Å². The maximum absolute atomic E-state index is 13.1. The Bertz CT molecular complexity index is 478. The van der Waals surface area contributed by atoms with E-state index in [1.807, 2.05) is 0 Å². The Morgan fingerprint density at radius 1 is 1.59 bits per heavy atom. The van der Waals surface area contributed by atoms with Crippen LogP contribution in [-0.2, 0) is 0 Å². The summed E-state index contributed by atoms with van der Waals surface area (Å²) in [5.41, 5.74) is 6.04. The number of anilines is 1. The topological polar surface area (TPSA) is 112 Å². The molecule has 0 spiro atoms. The highest BCUT2D eigenvalue weighted by atomic mass is 19.1. The number of carbonyl (C=O) groups excluding carboxylic acids is 1. The molecule has 1 aromatic rings. The lowest BCUT2D eigenvalue weighted by molar-refractivity contribution is -0.385. The molecule has 0 fully saturated rings. The molecule has 2 N–H and O–H groups in total. The number of amides is 2. The Morgan fingerprint density at radius 3 is 2.71 bits per heavy atom. The van der Waals surface area contributed by atoms with Gasteiger partial charge in [0.15, 0.2) is 0 Å². The lowest BCUT2D eigenvalue weighted by Gasteiger charge is -2.13. The minimum absolute atomic E-state index is 0.203. The van der Waals surface area contributed by atoms with Crippen LogP contribution in [0.15, 0.2) is 23.4 Å². The molecule has 8 nitrogen and oxygen atoms in total. The van der Waals surface area contributed by atoms with Crippen molar-refractivity contribution in [3.8, 4) is 0 Å². The van der Waals surface area contributed by atoms with E-state index >= 15 is 0 Å². The fourth-order valence-corrected chi connectivity index (χ4v) is 1.11. The van der Waals surface area contributed by atoms with Crippen molar-refractivity contribution in [1.82, 2.24) is 5.32 Å². The van der Waals surface area contributed by atoms with Gasteiger partial charge in [0.2, 0.25) is 0 Å². The Kier molecular flexibility index (Phi) is 3.65. The number of benzene rings is 1. The van der Waals surface area contributed by atoms with Crippen molar-refractivity contribution >= 4 is 17.4 Å². The van der Waals surface area contributed by atoms with Gasteiger partial charge >= 0.3 is 6.03 Å². The van der Waals surface area contributed by atoms with E-state index < -0.39 is 22.5 Å². The Labute approximate surface area is 94.7 Å². The van der Waals surface area contributed by atoms with Crippen LogP contribution >= 0.6 is 0 Å². The summed E-state index contributed by atoms with van der Waals surface area (Å²) in [6.45, 7) is 0. The van der Waals surface area contributed by atoms with Gasteiger partial charge in [0, 0.05) is 19.2 Å². The van der Waals surface area contributed by atoms with Gasteiger partial charge in [0.1, 0.15) is 5.82 Å². The van der Waals surface area contributed by atoms with E-state index in [1.165, 1.54) is 7.05 Å². The number of non-ortho nitro benzene ring substituents is 1. The molecule has 0 radical (unpaired) electrons. The van der Waals surface area contributed by atoms with Crippen molar-refractivity contribution in [3.63, 3.8) is 0 Å². The molecular formula is C8H8FN5O3. The largest absolute Gasteiger partial charge is 0.343 e. The predicted octanol–water partition coefficient (Wildman–Crippen LogP) is 1.83. The molecule has 0 aliphatic heterocycles. The number of halogens is 1. The van der Waals surface area contributed by atoms with E-state index in [0.29, 0.717) is 11.1 Å². The number of hydrogen-bond donors (Lipinski definition) is 2. The molecule has 1 rings (SSSR count). The van der Waals surface area contributed by atoms with Crippen molar-refractivity contribution < 1.29 is 14.1 Å². The lowest BCUT2D eigenvalue weighted by atomic mass is 10.2. The highest BCUT2D eigenvalue weighted by Crippen LogP contribution is 2.23. The maximum Gasteiger partial charge on any atom is 0.343 e. The molecule has 0 unspecified atom stereocenters. The molecular weight excluding hydrogens is 233 g/mol.